The van der Waals surface area contributed by atoms with E-state index >= 15 is 0 Å². The summed E-state index contributed by atoms with van der Waals surface area (Å²) in [6.07, 6.45) is 0.647. The van der Waals surface area contributed by atoms with E-state index in [2.05, 4.69) is 0 Å². The molecule has 1 aromatic rings. The fraction of sp³-hybridized carbons (Fsp3) is 0.300. The molecule has 1 aliphatic rings. The van der Waals surface area contributed by atoms with Crippen LogP contribution in [0.15, 0.2) is 18.2 Å². The van der Waals surface area contributed by atoms with Gasteiger partial charge in [0, 0.05) is 0 Å². The predicted octanol–water partition coefficient (Wildman–Crippen LogP) is 1.42. The topological polar surface area (TPSA) is 46.5 Å². The average Bonchev–Trinajstić information content (AvgIpc) is 2.06. The van der Waals surface area contributed by atoms with Crippen molar-refractivity contribution in [3.8, 4) is 5.75 Å². The van der Waals surface area contributed by atoms with Crippen LogP contribution in [0.1, 0.15) is 17.0 Å². The fourth-order valence-electron chi connectivity index (χ4n) is 1.63. The van der Waals surface area contributed by atoms with Crippen molar-refractivity contribution in [3.63, 3.8) is 0 Å². The summed E-state index contributed by atoms with van der Waals surface area (Å²) in [7, 11) is 1.58. The van der Waals surface area contributed by atoms with Crippen molar-refractivity contribution in [1.29, 1.82) is 0 Å². The second-order valence-electron chi connectivity index (χ2n) is 3.16. The van der Waals surface area contributed by atoms with Crippen LogP contribution in [0.4, 0.5) is 0 Å². The van der Waals surface area contributed by atoms with E-state index in [4.69, 9.17) is 9.84 Å². The molecule has 3 nitrogen and oxygen atoms in total. The van der Waals surface area contributed by atoms with Crippen molar-refractivity contribution in [2.24, 2.45) is 0 Å². The minimum absolute atomic E-state index is 0.329. The summed E-state index contributed by atoms with van der Waals surface area (Å²) in [4.78, 5) is 10.7. The quantitative estimate of drug-likeness (QED) is 0.745. The van der Waals surface area contributed by atoms with Gasteiger partial charge in [-0.25, -0.2) is 0 Å². The number of hydrogen-bond acceptors (Lipinski definition) is 2. The van der Waals surface area contributed by atoms with E-state index in [-0.39, 0.29) is 5.92 Å². The minimum Gasteiger partial charge on any atom is -0.497 e. The maximum atomic E-state index is 10.7. The van der Waals surface area contributed by atoms with Crippen molar-refractivity contribution < 1.29 is 14.6 Å². The zero-order valence-corrected chi connectivity index (χ0v) is 7.28. The molecule has 68 valence electrons. The van der Waals surface area contributed by atoms with E-state index < -0.39 is 5.97 Å². The lowest BCUT2D eigenvalue weighted by atomic mass is 9.77. The maximum absolute atomic E-state index is 10.7. The van der Waals surface area contributed by atoms with Crippen molar-refractivity contribution in [1.82, 2.24) is 0 Å². The second kappa shape index (κ2) is 2.76. The van der Waals surface area contributed by atoms with Crippen LogP contribution in [0.3, 0.4) is 0 Å². The summed E-state index contributed by atoms with van der Waals surface area (Å²) in [5.41, 5.74) is 2.01. The number of carboxylic acid groups (broad SMARTS) is 1. The predicted molar refractivity (Wildman–Crippen MR) is 47.1 cm³/mol. The lowest BCUT2D eigenvalue weighted by Crippen LogP contribution is -2.24. The Morgan fingerprint density at radius 2 is 2.38 bits per heavy atom. The molecule has 0 fully saturated rings. The number of methoxy groups -OCH3 is 1. The molecule has 0 saturated heterocycles. The number of rotatable bonds is 2. The van der Waals surface area contributed by atoms with Gasteiger partial charge in [0.15, 0.2) is 0 Å². The Kier molecular flexibility index (Phi) is 1.72. The number of benzene rings is 1. The molecule has 0 heterocycles. The monoisotopic (exact) mass is 178 g/mol. The molecule has 0 bridgehead atoms. The maximum Gasteiger partial charge on any atom is 0.311 e. The third-order valence-electron chi connectivity index (χ3n) is 2.45. The Hall–Kier alpha value is -1.51. The molecule has 13 heavy (non-hydrogen) atoms. The van der Waals surface area contributed by atoms with Gasteiger partial charge in [0.05, 0.1) is 13.0 Å². The largest absolute Gasteiger partial charge is 0.497 e. The molecule has 0 aliphatic heterocycles. The molecule has 0 amide bonds. The van der Waals surface area contributed by atoms with Gasteiger partial charge in [-0.05, 0) is 29.7 Å². The Bertz CT molecular complexity index is 357. The summed E-state index contributed by atoms with van der Waals surface area (Å²) in [5.74, 6) is -0.351. The molecule has 2 rings (SSSR count). The highest BCUT2D eigenvalue weighted by atomic mass is 16.5. The molecule has 1 N–H and O–H groups in total. The van der Waals surface area contributed by atoms with Crippen molar-refractivity contribution in [2.45, 2.75) is 12.3 Å². The number of aliphatic carboxylic acids is 1. The van der Waals surface area contributed by atoms with Gasteiger partial charge in [0.2, 0.25) is 0 Å². The first kappa shape index (κ1) is 8.10. The van der Waals surface area contributed by atoms with Gasteiger partial charge >= 0.3 is 5.97 Å². The Morgan fingerprint density at radius 1 is 1.62 bits per heavy atom. The summed E-state index contributed by atoms with van der Waals surface area (Å²) in [5, 5.41) is 8.80. The molecule has 1 aliphatic carbocycles. The Morgan fingerprint density at radius 3 is 3.00 bits per heavy atom. The fourth-order valence-corrected chi connectivity index (χ4v) is 1.63. The molecule has 1 aromatic carbocycles. The van der Waals surface area contributed by atoms with Gasteiger partial charge in [-0.3, -0.25) is 4.79 Å². The Labute approximate surface area is 76.0 Å². The van der Waals surface area contributed by atoms with Gasteiger partial charge in [-0.15, -0.1) is 0 Å². The van der Waals surface area contributed by atoms with Crippen LogP contribution in [-0.4, -0.2) is 18.2 Å². The second-order valence-corrected chi connectivity index (χ2v) is 3.16. The third kappa shape index (κ3) is 1.16. The zero-order valence-electron chi connectivity index (χ0n) is 7.28. The molecular formula is C10H10O3. The first-order valence-electron chi connectivity index (χ1n) is 4.12. The number of fused-ring (bicyclic) bond motifs is 1. The summed E-state index contributed by atoms with van der Waals surface area (Å²) in [6.45, 7) is 0. The summed E-state index contributed by atoms with van der Waals surface area (Å²) >= 11 is 0. The highest BCUT2D eigenvalue weighted by Crippen LogP contribution is 2.37. The molecule has 0 unspecified atom stereocenters. The molecular weight excluding hydrogens is 168 g/mol. The highest BCUT2D eigenvalue weighted by Gasteiger charge is 2.32. The normalized spacial score (nSPS) is 18.7. The molecule has 0 radical (unpaired) electrons. The number of ether oxygens (including phenoxy) is 1. The van der Waals surface area contributed by atoms with Crippen LogP contribution in [0.25, 0.3) is 0 Å². The van der Waals surface area contributed by atoms with Gasteiger partial charge < -0.3 is 9.84 Å². The van der Waals surface area contributed by atoms with E-state index in [0.29, 0.717) is 6.42 Å². The van der Waals surface area contributed by atoms with Crippen molar-refractivity contribution >= 4 is 5.97 Å². The molecule has 3 heteroatoms. The van der Waals surface area contributed by atoms with Crippen LogP contribution in [-0.2, 0) is 11.2 Å². The lowest BCUT2D eigenvalue weighted by Gasteiger charge is -2.26. The van der Waals surface area contributed by atoms with E-state index in [1.807, 2.05) is 12.1 Å². The number of carboxylic acids is 1. The van der Waals surface area contributed by atoms with Gasteiger partial charge in [0.1, 0.15) is 5.75 Å². The van der Waals surface area contributed by atoms with Gasteiger partial charge in [-0.1, -0.05) is 6.07 Å². The smallest absolute Gasteiger partial charge is 0.311 e. The zero-order chi connectivity index (χ0) is 9.42. The third-order valence-corrected chi connectivity index (χ3v) is 2.45. The van der Waals surface area contributed by atoms with Gasteiger partial charge in [-0.2, -0.15) is 0 Å². The van der Waals surface area contributed by atoms with Crippen LogP contribution in [0.5, 0.6) is 5.75 Å². The van der Waals surface area contributed by atoms with E-state index in [9.17, 15) is 4.79 Å². The first-order valence-corrected chi connectivity index (χ1v) is 4.12. The molecule has 0 saturated carbocycles. The molecule has 0 spiro atoms. The van der Waals surface area contributed by atoms with Crippen molar-refractivity contribution in [2.75, 3.05) is 7.11 Å². The first-order chi connectivity index (χ1) is 6.22. The van der Waals surface area contributed by atoms with Crippen LogP contribution >= 0.6 is 0 Å². The van der Waals surface area contributed by atoms with E-state index in [1.165, 1.54) is 0 Å². The molecule has 0 aromatic heterocycles. The van der Waals surface area contributed by atoms with Gasteiger partial charge in [0.25, 0.3) is 0 Å². The minimum atomic E-state index is -0.749. The average molecular weight is 178 g/mol. The van der Waals surface area contributed by atoms with Crippen LogP contribution < -0.4 is 4.74 Å². The number of carbonyl (C=O) groups is 1. The number of hydrogen-bond donors (Lipinski definition) is 1. The lowest BCUT2D eigenvalue weighted by molar-refractivity contribution is -0.139. The highest BCUT2D eigenvalue weighted by molar-refractivity contribution is 5.80. The molecule has 1 atom stereocenters. The Balaban J connectivity index is 2.34. The van der Waals surface area contributed by atoms with Crippen LogP contribution in [0.2, 0.25) is 0 Å². The SMILES string of the molecule is COc1ccc2c(c1)[C@H](C(=O)O)C2. The van der Waals surface area contributed by atoms with E-state index in [1.54, 1.807) is 13.2 Å². The van der Waals surface area contributed by atoms with Crippen molar-refractivity contribution in [3.05, 3.63) is 29.3 Å². The summed E-state index contributed by atoms with van der Waals surface area (Å²) < 4.78 is 5.02. The summed E-state index contributed by atoms with van der Waals surface area (Å²) in [6, 6.07) is 5.59. The van der Waals surface area contributed by atoms with E-state index in [0.717, 1.165) is 16.9 Å². The standard InChI is InChI=1S/C10H10O3/c1-13-7-3-2-6-4-9(10(11)12)8(6)5-7/h2-3,5,9H,4H2,1H3,(H,11,12)/t9-/m1/s1. The van der Waals surface area contributed by atoms with Crippen LogP contribution in [0, 0.1) is 0 Å².